The van der Waals surface area contributed by atoms with E-state index in [0.717, 1.165) is 6.92 Å². The maximum Gasteiger partial charge on any atom is 0.326 e. The van der Waals surface area contributed by atoms with Crippen LogP contribution in [-0.2, 0) is 104 Å². The number of aliphatic hydroxyl groups is 3. The minimum absolute atomic E-state index is 0.00404. The number of carboxylic acids is 2. The first-order valence-corrected chi connectivity index (χ1v) is 45.8. The normalized spacial score (nSPS) is 14.9. The smallest absolute Gasteiger partial charge is 0.326 e. The number of rotatable bonds is 64. The van der Waals surface area contributed by atoms with Gasteiger partial charge in [0.05, 0.1) is 38.8 Å². The van der Waals surface area contributed by atoms with E-state index in [9.17, 15) is 117 Å². The lowest BCUT2D eigenvalue weighted by Gasteiger charge is -2.29. The highest BCUT2D eigenvalue weighted by molar-refractivity contribution is 7.81. The van der Waals surface area contributed by atoms with Crippen molar-refractivity contribution in [3.63, 3.8) is 0 Å². The van der Waals surface area contributed by atoms with E-state index >= 15 is 0 Å². The summed E-state index contributed by atoms with van der Waals surface area (Å²) in [5, 5.41) is 121. The number of hydrogen-bond acceptors (Lipinski definition) is 32. The van der Waals surface area contributed by atoms with Gasteiger partial charge in [-0.1, -0.05) is 80.9 Å². The number of aliphatic carboxylic acids is 2. The summed E-state index contributed by atoms with van der Waals surface area (Å²) in [6, 6.07) is -9.73. The third-order valence-electron chi connectivity index (χ3n) is 19.7. The number of carboxylic acid groups (broad SMARTS) is 2. The van der Waals surface area contributed by atoms with E-state index in [1.54, 1.807) is 67.6 Å². The van der Waals surface area contributed by atoms with Crippen molar-refractivity contribution in [2.45, 2.75) is 188 Å². The van der Waals surface area contributed by atoms with Crippen LogP contribution in [0, 0.1) is 22.1 Å². The molecule has 51 nitrogen and oxygen atoms in total. The van der Waals surface area contributed by atoms with Crippen molar-refractivity contribution >= 4 is 206 Å². The Morgan fingerprint density at radius 1 is 0.341 bits per heavy atom. The quantitative estimate of drug-likeness (QED) is 0.0127. The van der Waals surface area contributed by atoms with Crippen molar-refractivity contribution in [1.82, 2.24) is 106 Å². The van der Waals surface area contributed by atoms with Crippen LogP contribution in [-0.4, -0.2) is 339 Å². The Balaban J connectivity index is 2.30. The maximum absolute atomic E-state index is 14.3. The van der Waals surface area contributed by atoms with Crippen molar-refractivity contribution < 1.29 is 117 Å². The largest absolute Gasteiger partial charge is 0.481 e. The number of guanidine groups is 3. The van der Waals surface area contributed by atoms with Gasteiger partial charge in [0.25, 0.3) is 0 Å². The van der Waals surface area contributed by atoms with E-state index in [1.165, 1.54) is 6.92 Å². The third-order valence-corrected chi connectivity index (χ3v) is 21.9. The molecule has 0 aliphatic rings. The molecule has 752 valence electrons. The van der Waals surface area contributed by atoms with Gasteiger partial charge in [0, 0.05) is 67.0 Å². The summed E-state index contributed by atoms with van der Waals surface area (Å²) >= 11 is 25.1. The Labute approximate surface area is 809 Å². The predicted octanol–water partition coefficient (Wildman–Crippen LogP) is -12.4. The van der Waals surface area contributed by atoms with Crippen molar-refractivity contribution in [1.29, 1.82) is 16.2 Å². The molecule has 0 aliphatic carbocycles. The molecule has 2 aromatic carbocycles. The first kappa shape index (κ1) is 119. The number of nitrogens with two attached hydrogens (primary N) is 4. The van der Waals surface area contributed by atoms with Crippen LogP contribution in [0.25, 0.3) is 0 Å². The topological polar surface area (TPSA) is 842 Å². The van der Waals surface area contributed by atoms with Gasteiger partial charge in [0.15, 0.2) is 17.9 Å². The van der Waals surface area contributed by atoms with E-state index in [1.807, 2.05) is 0 Å². The summed E-state index contributed by atoms with van der Waals surface area (Å²) in [6.07, 6.45) is -3.36. The summed E-state index contributed by atoms with van der Waals surface area (Å²) < 4.78 is 0. The van der Waals surface area contributed by atoms with Gasteiger partial charge in [0.2, 0.25) is 100 Å². The summed E-state index contributed by atoms with van der Waals surface area (Å²) in [6.45, 7) is 0.401. The van der Waals surface area contributed by atoms with E-state index in [2.05, 4.69) is 182 Å². The second kappa shape index (κ2) is 64.1. The Morgan fingerprint density at radius 2 is 0.615 bits per heavy atom. The minimum atomic E-state index is -2.07. The van der Waals surface area contributed by atoms with E-state index in [-0.39, 0.29) is 89.1 Å². The van der Waals surface area contributed by atoms with E-state index < -0.39 is 294 Å². The second-order valence-corrected chi connectivity index (χ2v) is 32.4. The maximum atomic E-state index is 14.3. The lowest BCUT2D eigenvalue weighted by atomic mass is 9.97. The Morgan fingerprint density at radius 3 is 0.963 bits per heavy atom. The summed E-state index contributed by atoms with van der Waals surface area (Å²) in [5.41, 5.74) is 22.8. The summed E-state index contributed by atoms with van der Waals surface area (Å²) in [5.74, 6) is -26.4. The average Bonchev–Trinajstić information content (AvgIpc) is 0.868. The van der Waals surface area contributed by atoms with E-state index in [0.29, 0.717) is 11.1 Å². The first-order chi connectivity index (χ1) is 63.9. The molecule has 18 atom stereocenters. The molecule has 17 amide bonds. The Kier molecular flexibility index (Phi) is 56.6. The Hall–Kier alpha value is -11.9. The molecule has 0 aliphatic heterocycles. The number of carbonyl (C=O) groups is 19. The number of amides is 17. The molecular weight excluding hydrogens is 1890 g/mol. The molecule has 0 radical (unpaired) electrons. The van der Waals surface area contributed by atoms with Crippen LogP contribution in [0.5, 0.6) is 0 Å². The number of hydrogen-bond donors (Lipinski definition) is 38. The average molecular weight is 2020 g/mol. The van der Waals surface area contributed by atoms with Gasteiger partial charge in [0.1, 0.15) is 96.7 Å². The van der Waals surface area contributed by atoms with Crippen LogP contribution in [0.1, 0.15) is 83.3 Å². The molecular formula is C78H125N27O24S6. The molecule has 2 aromatic rings. The molecule has 0 fully saturated rings. The van der Waals surface area contributed by atoms with E-state index in [4.69, 9.17) is 39.2 Å². The minimum Gasteiger partial charge on any atom is -0.481 e. The molecule has 0 saturated heterocycles. The molecule has 0 saturated carbocycles. The predicted molar refractivity (Wildman–Crippen MR) is 509 cm³/mol. The van der Waals surface area contributed by atoms with Crippen LogP contribution in [0.4, 0.5) is 0 Å². The molecule has 0 unspecified atom stereocenters. The zero-order chi connectivity index (χ0) is 102. The number of carbonyl (C=O) groups excluding carboxylic acids is 17. The molecule has 0 aromatic heterocycles. The highest BCUT2D eigenvalue weighted by atomic mass is 32.1. The highest BCUT2D eigenvalue weighted by Crippen LogP contribution is 2.14. The van der Waals surface area contributed by atoms with Crippen molar-refractivity contribution in [2.24, 2.45) is 28.9 Å². The van der Waals surface area contributed by atoms with Crippen molar-refractivity contribution in [2.75, 3.05) is 80.5 Å². The van der Waals surface area contributed by atoms with Crippen molar-refractivity contribution in [3.8, 4) is 0 Å². The second-order valence-electron chi connectivity index (χ2n) is 30.2. The molecule has 57 heteroatoms. The van der Waals surface area contributed by atoms with Gasteiger partial charge in [-0.2, -0.15) is 75.8 Å². The van der Waals surface area contributed by atoms with Gasteiger partial charge in [-0.15, -0.1) is 0 Å². The standard InChI is InChI=1S/C78H125N27O24S6/c1-4-37(2)58(73(126)103-54(36-135)72(125)105-59(38(3)108)74(127)93-43(75(128)129)20-13-23-88-78(84)85)104-71(124)53(35-134)101-65(118)46(26-57(111)112)95-70(123)52(34-133)102-67(120)48(30-107)97-66(119)47(29-106)96-61(114)41(18-11-21-86-76(80)81)90-56(110)28-89-60(113)49(31-130)98-64(117)45(25-40-16-9-6-10-17-40)94-69(122)51(33-132)99-62(115)42(19-12-22-87-77(82)83)92-68(121)50(32-131)100-63(116)44(91-55(109)27-79)24-39-14-7-5-8-15-39/h5-10,14-17,37-38,41-54,58-59,106-108,130-135H,4,11-13,18-36,79H2,1-3H3,(H,89,113)(H,90,110)(H,91,109)(H,92,121)(H,93,127)(H,94,122)(H,95,123)(H,96,114)(H,97,119)(H,98,117)(H,99,115)(H,100,116)(H,101,118)(H,102,120)(H,103,126)(H,104,124)(H,105,125)(H,111,112)(H,128,129)(H4,80,81,86)(H4,82,83,87)(H4,84,85,88)/t37-,38+,41-,42-,43-,44-,45-,46-,47-,48-,49-,50-,51-,52-,53-,54-,58-,59-/m0/s1. The molecule has 0 heterocycles. The molecule has 2 rings (SSSR count). The Bertz CT molecular complexity index is 4360. The number of benzene rings is 2. The summed E-state index contributed by atoms with van der Waals surface area (Å²) in [7, 11) is 0. The van der Waals surface area contributed by atoms with Gasteiger partial charge in [-0.3, -0.25) is 103 Å². The summed E-state index contributed by atoms with van der Waals surface area (Å²) in [4.78, 5) is 258. The van der Waals surface area contributed by atoms with Crippen LogP contribution >= 0.6 is 75.8 Å². The molecule has 0 spiro atoms. The monoisotopic (exact) mass is 2020 g/mol. The fourth-order valence-electron chi connectivity index (χ4n) is 12.1. The van der Waals surface area contributed by atoms with Crippen LogP contribution in [0.2, 0.25) is 0 Å². The fraction of sp³-hybridized carbons (Fsp3) is 0.564. The lowest BCUT2D eigenvalue weighted by molar-refractivity contribution is -0.143. The fourth-order valence-corrected chi connectivity index (χ4v) is 13.6. The third kappa shape index (κ3) is 44.9. The molecule has 135 heavy (non-hydrogen) atoms. The molecule has 36 N–H and O–H groups in total. The van der Waals surface area contributed by atoms with Crippen molar-refractivity contribution in [3.05, 3.63) is 71.8 Å². The highest BCUT2D eigenvalue weighted by Gasteiger charge is 2.40. The van der Waals surface area contributed by atoms with Gasteiger partial charge >= 0.3 is 11.9 Å². The van der Waals surface area contributed by atoms with Crippen LogP contribution < -0.4 is 129 Å². The lowest BCUT2D eigenvalue weighted by Crippen LogP contribution is -2.62. The molecule has 0 bridgehead atoms. The first-order valence-electron chi connectivity index (χ1n) is 42.0. The van der Waals surface area contributed by atoms with Gasteiger partial charge in [-0.25, -0.2) is 4.79 Å². The van der Waals surface area contributed by atoms with Crippen LogP contribution in [0.15, 0.2) is 60.7 Å². The van der Waals surface area contributed by atoms with Crippen LogP contribution in [0.3, 0.4) is 0 Å². The van der Waals surface area contributed by atoms with Gasteiger partial charge < -0.3 is 155 Å². The number of thiol groups is 6. The zero-order valence-electron chi connectivity index (χ0n) is 73.9. The zero-order valence-corrected chi connectivity index (χ0v) is 79.3. The number of nitrogens with one attached hydrogen (secondary N) is 23. The number of aliphatic hydroxyl groups excluding tert-OH is 3. The SMILES string of the molecule is CC[C@H](C)[C@H](NC(=O)[C@H](CS)NC(=O)[C@H](CC(=O)O)NC(=O)[C@H](CS)NC(=O)[C@H](CO)NC(=O)[C@H](CO)NC(=O)[C@H](CCCNC(=N)N)NC(=O)CNC(=O)[C@H](CS)NC(=O)[C@H](Cc1ccccc1)NC(=O)[C@H](CS)NC(=O)[C@H](CCCNC(=N)N)NC(=O)[C@H](CS)NC(=O)[C@H](Cc1ccccc1)NC(=O)CN)C(=O)N[C@@H](CS)C(=O)N[C@H](C(=O)N[C@@H](CCCNC(=N)N)C(=O)O)[C@@H](C)O. The van der Waals surface area contributed by atoms with Gasteiger partial charge in [-0.05, 0) is 62.5 Å².